The highest BCUT2D eigenvalue weighted by molar-refractivity contribution is 9.10. The molecule has 0 bridgehead atoms. The summed E-state index contributed by atoms with van der Waals surface area (Å²) in [6, 6.07) is 4.50. The standard InChI is InChI=1S/C17H19BrF2N2O3/c18-11-4-3-10(13(8-11)14-15(23)22-17(24)21-14)7-9-1-5-12(6-2-9)25-16(19)20/h3-4,8-9,12,14,16H,1-2,5-7H2,(H2,21,22,23,24). The van der Waals surface area contributed by atoms with Crippen LogP contribution in [0.3, 0.4) is 0 Å². The van der Waals surface area contributed by atoms with Gasteiger partial charge in [0.25, 0.3) is 5.91 Å². The number of rotatable bonds is 5. The Bertz CT molecular complexity index is 663. The lowest BCUT2D eigenvalue weighted by atomic mass is 9.82. The second kappa shape index (κ2) is 7.78. The summed E-state index contributed by atoms with van der Waals surface area (Å²) in [5.74, 6) is -0.0176. The van der Waals surface area contributed by atoms with Gasteiger partial charge in [-0.25, -0.2) is 4.79 Å². The van der Waals surface area contributed by atoms with Crippen LogP contribution in [0.5, 0.6) is 0 Å². The number of urea groups is 1. The lowest BCUT2D eigenvalue weighted by Crippen LogP contribution is -2.26. The Morgan fingerprint density at radius 2 is 1.92 bits per heavy atom. The van der Waals surface area contributed by atoms with Crippen LogP contribution in [0.2, 0.25) is 0 Å². The van der Waals surface area contributed by atoms with Crippen molar-refractivity contribution in [3.63, 3.8) is 0 Å². The van der Waals surface area contributed by atoms with Crippen molar-refractivity contribution < 1.29 is 23.1 Å². The number of nitrogens with one attached hydrogen (secondary N) is 2. The van der Waals surface area contributed by atoms with Gasteiger partial charge in [-0.15, -0.1) is 0 Å². The maximum atomic E-state index is 12.3. The van der Waals surface area contributed by atoms with Crippen molar-refractivity contribution in [1.29, 1.82) is 0 Å². The first kappa shape index (κ1) is 18.3. The molecule has 25 heavy (non-hydrogen) atoms. The molecule has 1 atom stereocenters. The normalized spacial score (nSPS) is 26.6. The Labute approximate surface area is 152 Å². The van der Waals surface area contributed by atoms with E-state index in [1.165, 1.54) is 0 Å². The van der Waals surface area contributed by atoms with Gasteiger partial charge in [0.2, 0.25) is 0 Å². The number of halogens is 3. The van der Waals surface area contributed by atoms with Gasteiger partial charge in [-0.2, -0.15) is 8.78 Å². The molecule has 3 amide bonds. The number of imide groups is 1. The third-order valence-electron chi connectivity index (χ3n) is 4.79. The topological polar surface area (TPSA) is 67.4 Å². The first-order valence-corrected chi connectivity index (χ1v) is 9.05. The third kappa shape index (κ3) is 4.55. The monoisotopic (exact) mass is 416 g/mol. The molecule has 0 aromatic heterocycles. The van der Waals surface area contributed by atoms with E-state index in [2.05, 4.69) is 31.3 Å². The molecule has 5 nitrogen and oxygen atoms in total. The summed E-state index contributed by atoms with van der Waals surface area (Å²) in [6.45, 7) is -2.72. The van der Waals surface area contributed by atoms with Gasteiger partial charge in [0.15, 0.2) is 0 Å². The number of ether oxygens (including phenoxy) is 1. The Morgan fingerprint density at radius 1 is 1.20 bits per heavy atom. The van der Waals surface area contributed by atoms with Gasteiger partial charge < -0.3 is 10.1 Å². The molecule has 1 aliphatic carbocycles. The van der Waals surface area contributed by atoms with Gasteiger partial charge in [0.1, 0.15) is 6.04 Å². The maximum absolute atomic E-state index is 12.3. The zero-order chi connectivity index (χ0) is 18.0. The van der Waals surface area contributed by atoms with E-state index >= 15 is 0 Å². The van der Waals surface area contributed by atoms with Crippen LogP contribution in [-0.4, -0.2) is 24.7 Å². The summed E-state index contributed by atoms with van der Waals surface area (Å²) in [5.41, 5.74) is 1.76. The van der Waals surface area contributed by atoms with Crippen LogP contribution in [0.15, 0.2) is 22.7 Å². The van der Waals surface area contributed by atoms with Crippen molar-refractivity contribution in [2.45, 2.75) is 50.9 Å². The van der Waals surface area contributed by atoms with Crippen molar-refractivity contribution >= 4 is 27.9 Å². The van der Waals surface area contributed by atoms with Crippen molar-refractivity contribution in [2.75, 3.05) is 0 Å². The van der Waals surface area contributed by atoms with Crippen LogP contribution in [0, 0.1) is 5.92 Å². The molecule has 1 aromatic carbocycles. The summed E-state index contributed by atoms with van der Waals surface area (Å²) >= 11 is 3.40. The average Bonchev–Trinajstić information content (AvgIpc) is 2.89. The zero-order valence-electron chi connectivity index (χ0n) is 13.4. The minimum atomic E-state index is -2.72. The summed E-state index contributed by atoms with van der Waals surface area (Å²) in [4.78, 5) is 23.4. The molecule has 1 saturated carbocycles. The predicted molar refractivity (Wildman–Crippen MR) is 90.1 cm³/mol. The number of alkyl halides is 2. The second-order valence-corrected chi connectivity index (χ2v) is 7.40. The highest BCUT2D eigenvalue weighted by Gasteiger charge is 2.33. The number of hydrogen-bond donors (Lipinski definition) is 2. The molecule has 2 N–H and O–H groups in total. The number of benzene rings is 1. The van der Waals surface area contributed by atoms with Crippen LogP contribution < -0.4 is 10.6 Å². The smallest absolute Gasteiger partial charge is 0.322 e. The van der Waals surface area contributed by atoms with Crippen LogP contribution in [-0.2, 0) is 16.0 Å². The van der Waals surface area contributed by atoms with Gasteiger partial charge in [-0.3, -0.25) is 10.1 Å². The number of carbonyl (C=O) groups is 2. The van der Waals surface area contributed by atoms with Gasteiger partial charge in [0.05, 0.1) is 6.10 Å². The molecule has 1 saturated heterocycles. The lowest BCUT2D eigenvalue weighted by molar-refractivity contribution is -0.171. The Morgan fingerprint density at radius 3 is 2.52 bits per heavy atom. The molecular weight excluding hydrogens is 398 g/mol. The van der Waals surface area contributed by atoms with Gasteiger partial charge in [-0.05, 0) is 61.3 Å². The molecule has 2 aliphatic rings. The van der Waals surface area contributed by atoms with E-state index in [4.69, 9.17) is 0 Å². The van der Waals surface area contributed by atoms with Gasteiger partial charge >= 0.3 is 12.6 Å². The molecule has 0 radical (unpaired) electrons. The van der Waals surface area contributed by atoms with Crippen LogP contribution in [0.25, 0.3) is 0 Å². The largest absolute Gasteiger partial charge is 0.345 e. The molecule has 0 spiro atoms. The molecule has 8 heteroatoms. The fraction of sp³-hybridized carbons (Fsp3) is 0.529. The Balaban J connectivity index is 1.69. The first-order chi connectivity index (χ1) is 11.9. The molecule has 1 aliphatic heterocycles. The van der Waals surface area contributed by atoms with E-state index in [9.17, 15) is 18.4 Å². The maximum Gasteiger partial charge on any atom is 0.345 e. The Hall–Kier alpha value is -1.54. The summed E-state index contributed by atoms with van der Waals surface area (Å²) in [6.07, 6.45) is 3.19. The van der Waals surface area contributed by atoms with Crippen molar-refractivity contribution in [3.05, 3.63) is 33.8 Å². The van der Waals surface area contributed by atoms with E-state index in [-0.39, 0.29) is 12.0 Å². The van der Waals surface area contributed by atoms with Crippen LogP contribution in [0.1, 0.15) is 42.9 Å². The van der Waals surface area contributed by atoms with Crippen molar-refractivity contribution in [3.8, 4) is 0 Å². The van der Waals surface area contributed by atoms with E-state index < -0.39 is 18.7 Å². The van der Waals surface area contributed by atoms with E-state index in [0.717, 1.165) is 34.9 Å². The third-order valence-corrected chi connectivity index (χ3v) is 5.28. The van der Waals surface area contributed by atoms with Crippen LogP contribution >= 0.6 is 15.9 Å². The van der Waals surface area contributed by atoms with Crippen LogP contribution in [0.4, 0.5) is 13.6 Å². The SMILES string of the molecule is O=C1NC(=O)C(c2cc(Br)ccc2CC2CCC(OC(F)F)CC2)N1. The van der Waals surface area contributed by atoms with Gasteiger partial charge in [0, 0.05) is 4.47 Å². The first-order valence-electron chi connectivity index (χ1n) is 8.25. The molecule has 2 fully saturated rings. The molecule has 3 rings (SSSR count). The second-order valence-electron chi connectivity index (χ2n) is 6.48. The molecular formula is C17H19BrF2N2O3. The summed E-state index contributed by atoms with van der Waals surface area (Å²) in [5, 5.41) is 4.88. The highest BCUT2D eigenvalue weighted by atomic mass is 79.9. The number of carbonyl (C=O) groups excluding carboxylic acids is 2. The van der Waals surface area contributed by atoms with E-state index in [1.54, 1.807) is 0 Å². The van der Waals surface area contributed by atoms with Gasteiger partial charge in [-0.1, -0.05) is 22.0 Å². The summed E-state index contributed by atoms with van der Waals surface area (Å²) in [7, 11) is 0. The Kier molecular flexibility index (Phi) is 5.68. The van der Waals surface area contributed by atoms with E-state index in [0.29, 0.717) is 18.8 Å². The molecule has 1 aromatic rings. The average molecular weight is 417 g/mol. The molecule has 1 unspecified atom stereocenters. The zero-order valence-corrected chi connectivity index (χ0v) is 15.0. The van der Waals surface area contributed by atoms with Crippen molar-refractivity contribution in [2.24, 2.45) is 5.92 Å². The fourth-order valence-corrected chi connectivity index (χ4v) is 3.96. The number of hydrogen-bond acceptors (Lipinski definition) is 3. The minimum absolute atomic E-state index is 0.345. The van der Waals surface area contributed by atoms with Crippen molar-refractivity contribution in [1.82, 2.24) is 10.6 Å². The number of amides is 3. The molecule has 1 heterocycles. The minimum Gasteiger partial charge on any atom is -0.322 e. The quantitative estimate of drug-likeness (QED) is 0.719. The highest BCUT2D eigenvalue weighted by Crippen LogP contribution is 2.33. The molecule has 136 valence electrons. The summed E-state index contributed by atoms with van der Waals surface area (Å²) < 4.78 is 30.0. The van der Waals surface area contributed by atoms with E-state index in [1.807, 2.05) is 18.2 Å². The fourth-order valence-electron chi connectivity index (χ4n) is 3.58. The lowest BCUT2D eigenvalue weighted by Gasteiger charge is -2.29. The predicted octanol–water partition coefficient (Wildman–Crippen LogP) is 3.67.